The molecule has 0 heterocycles. The summed E-state index contributed by atoms with van der Waals surface area (Å²) in [5.41, 5.74) is 5.03. The van der Waals surface area contributed by atoms with Gasteiger partial charge >= 0.3 is 0 Å². The van der Waals surface area contributed by atoms with E-state index < -0.39 is 16.0 Å². The molecular formula is C7H16FNO2S. The van der Waals surface area contributed by atoms with Crippen LogP contribution < -0.4 is 5.73 Å². The highest BCUT2D eigenvalue weighted by Crippen LogP contribution is 2.03. The van der Waals surface area contributed by atoms with Crippen LogP contribution in [0.25, 0.3) is 0 Å². The lowest BCUT2D eigenvalue weighted by Gasteiger charge is -2.04. The maximum absolute atomic E-state index is 12.5. The number of sulfone groups is 1. The molecule has 12 heavy (non-hydrogen) atoms. The number of rotatable bonds is 6. The molecule has 0 amide bonds. The van der Waals surface area contributed by atoms with E-state index in [1.807, 2.05) is 0 Å². The van der Waals surface area contributed by atoms with Gasteiger partial charge in [-0.15, -0.1) is 0 Å². The first kappa shape index (κ1) is 11.8. The third-order valence-corrected chi connectivity index (χ3v) is 3.46. The Bertz CT molecular complexity index is 203. The van der Waals surface area contributed by atoms with Crippen molar-refractivity contribution < 1.29 is 12.8 Å². The summed E-state index contributed by atoms with van der Waals surface area (Å²) in [4.78, 5) is 0. The Labute approximate surface area is 73.1 Å². The molecule has 2 N–H and O–H groups in total. The van der Waals surface area contributed by atoms with Crippen molar-refractivity contribution in [3.8, 4) is 0 Å². The van der Waals surface area contributed by atoms with Gasteiger partial charge < -0.3 is 5.73 Å². The molecule has 0 aliphatic heterocycles. The van der Waals surface area contributed by atoms with Gasteiger partial charge in [0.1, 0.15) is 16.0 Å². The van der Waals surface area contributed by atoms with Crippen molar-refractivity contribution in [2.75, 3.05) is 18.1 Å². The lowest BCUT2D eigenvalue weighted by molar-refractivity contribution is 0.320. The van der Waals surface area contributed by atoms with Crippen LogP contribution in [0.3, 0.4) is 0 Å². The third kappa shape index (κ3) is 5.49. The second-order valence-electron chi connectivity index (χ2n) is 2.71. The van der Waals surface area contributed by atoms with E-state index in [9.17, 15) is 12.8 Å². The molecule has 0 aliphatic rings. The fourth-order valence-electron chi connectivity index (χ4n) is 0.787. The summed E-state index contributed by atoms with van der Waals surface area (Å²) in [7, 11) is -2.93. The predicted octanol–water partition coefficient (Wildman–Crippen LogP) is 0.498. The lowest BCUT2D eigenvalue weighted by Crippen LogP contribution is -2.17. The number of alkyl halides is 1. The van der Waals surface area contributed by atoms with E-state index in [1.165, 1.54) is 0 Å². The van der Waals surface area contributed by atoms with Crippen LogP contribution in [0.5, 0.6) is 0 Å². The van der Waals surface area contributed by atoms with Gasteiger partial charge in [-0.1, -0.05) is 6.92 Å². The highest BCUT2D eigenvalue weighted by atomic mass is 32.2. The SMILES string of the molecule is CCS(=O)(=O)CCCC(F)CN. The number of hydrogen-bond acceptors (Lipinski definition) is 3. The van der Waals surface area contributed by atoms with Gasteiger partial charge in [-0.2, -0.15) is 0 Å². The molecule has 0 aromatic rings. The van der Waals surface area contributed by atoms with Crippen LogP contribution in [0.4, 0.5) is 4.39 Å². The van der Waals surface area contributed by atoms with Crippen molar-refractivity contribution in [1.82, 2.24) is 0 Å². The minimum atomic E-state index is -2.93. The van der Waals surface area contributed by atoms with E-state index >= 15 is 0 Å². The standard InChI is InChI=1S/C7H16FNO2S/c1-2-12(10,11)5-3-4-7(8)6-9/h7H,2-6,9H2,1H3. The highest BCUT2D eigenvalue weighted by molar-refractivity contribution is 7.91. The second-order valence-corrected chi connectivity index (χ2v) is 5.18. The largest absolute Gasteiger partial charge is 0.328 e. The molecule has 1 unspecified atom stereocenters. The van der Waals surface area contributed by atoms with Gasteiger partial charge in [0.25, 0.3) is 0 Å². The molecule has 0 saturated carbocycles. The van der Waals surface area contributed by atoms with Crippen LogP contribution in [0, 0.1) is 0 Å². The van der Waals surface area contributed by atoms with Gasteiger partial charge in [-0.25, -0.2) is 12.8 Å². The lowest BCUT2D eigenvalue weighted by atomic mass is 10.2. The summed E-state index contributed by atoms with van der Waals surface area (Å²) < 4.78 is 34.3. The maximum atomic E-state index is 12.5. The van der Waals surface area contributed by atoms with Gasteiger partial charge in [-0.3, -0.25) is 0 Å². The molecule has 0 aromatic carbocycles. The predicted molar refractivity (Wildman–Crippen MR) is 47.5 cm³/mol. The zero-order valence-corrected chi connectivity index (χ0v) is 8.11. The highest BCUT2D eigenvalue weighted by Gasteiger charge is 2.09. The van der Waals surface area contributed by atoms with Gasteiger partial charge in [0, 0.05) is 12.3 Å². The first-order valence-electron chi connectivity index (χ1n) is 4.06. The third-order valence-electron chi connectivity index (χ3n) is 1.67. The summed E-state index contributed by atoms with van der Waals surface area (Å²) in [6, 6.07) is 0. The summed E-state index contributed by atoms with van der Waals surface area (Å²) in [5.74, 6) is 0.205. The first-order valence-corrected chi connectivity index (χ1v) is 5.88. The van der Waals surface area contributed by atoms with Crippen LogP contribution >= 0.6 is 0 Å². The zero-order chi connectivity index (χ0) is 9.61. The van der Waals surface area contributed by atoms with Gasteiger partial charge in [0.15, 0.2) is 0 Å². The second kappa shape index (κ2) is 5.48. The summed E-state index contributed by atoms with van der Waals surface area (Å²) >= 11 is 0. The van der Waals surface area contributed by atoms with Crippen LogP contribution in [0.2, 0.25) is 0 Å². The monoisotopic (exact) mass is 197 g/mol. The van der Waals surface area contributed by atoms with Crippen LogP contribution in [0.1, 0.15) is 19.8 Å². The van der Waals surface area contributed by atoms with Crippen molar-refractivity contribution >= 4 is 9.84 Å². The molecule has 0 saturated heterocycles. The molecule has 1 atom stereocenters. The van der Waals surface area contributed by atoms with Crippen molar-refractivity contribution in [3.05, 3.63) is 0 Å². The Hall–Kier alpha value is -0.160. The van der Waals surface area contributed by atoms with E-state index in [4.69, 9.17) is 5.73 Å². The number of nitrogens with two attached hydrogens (primary N) is 1. The van der Waals surface area contributed by atoms with Crippen LogP contribution in [-0.4, -0.2) is 32.6 Å². The maximum Gasteiger partial charge on any atom is 0.150 e. The number of halogens is 1. The Kier molecular flexibility index (Phi) is 5.41. The molecule has 0 radical (unpaired) electrons. The Morgan fingerprint density at radius 1 is 1.50 bits per heavy atom. The molecule has 0 spiro atoms. The normalized spacial score (nSPS) is 14.6. The van der Waals surface area contributed by atoms with Crippen molar-refractivity contribution in [2.24, 2.45) is 5.73 Å². The first-order chi connectivity index (χ1) is 5.52. The van der Waals surface area contributed by atoms with Crippen molar-refractivity contribution in [2.45, 2.75) is 25.9 Å². The van der Waals surface area contributed by atoms with E-state index in [0.29, 0.717) is 6.42 Å². The average molecular weight is 197 g/mol. The minimum Gasteiger partial charge on any atom is -0.328 e. The van der Waals surface area contributed by atoms with E-state index in [-0.39, 0.29) is 24.5 Å². The molecular weight excluding hydrogens is 181 g/mol. The minimum absolute atomic E-state index is 0.0217. The van der Waals surface area contributed by atoms with Crippen molar-refractivity contribution in [3.63, 3.8) is 0 Å². The number of hydrogen-bond donors (Lipinski definition) is 1. The molecule has 0 bridgehead atoms. The zero-order valence-electron chi connectivity index (χ0n) is 7.29. The van der Waals surface area contributed by atoms with Crippen LogP contribution in [-0.2, 0) is 9.84 Å². The quantitative estimate of drug-likeness (QED) is 0.674. The summed E-state index contributed by atoms with van der Waals surface area (Å²) in [6.07, 6.45) is -0.443. The summed E-state index contributed by atoms with van der Waals surface area (Å²) in [6.45, 7) is 1.57. The van der Waals surface area contributed by atoms with Crippen LogP contribution in [0.15, 0.2) is 0 Å². The molecule has 3 nitrogen and oxygen atoms in total. The average Bonchev–Trinajstić information content (AvgIpc) is 2.04. The topological polar surface area (TPSA) is 60.2 Å². The molecule has 5 heteroatoms. The van der Waals surface area contributed by atoms with Crippen molar-refractivity contribution in [1.29, 1.82) is 0 Å². The molecule has 0 aromatic heterocycles. The molecule has 74 valence electrons. The van der Waals surface area contributed by atoms with Gasteiger partial charge in [0.05, 0.1) is 5.75 Å². The van der Waals surface area contributed by atoms with Gasteiger partial charge in [0.2, 0.25) is 0 Å². The Morgan fingerprint density at radius 2 is 2.08 bits per heavy atom. The van der Waals surface area contributed by atoms with E-state index in [2.05, 4.69) is 0 Å². The molecule has 0 rings (SSSR count). The fraction of sp³-hybridized carbons (Fsp3) is 1.00. The summed E-state index contributed by atoms with van der Waals surface area (Å²) in [5, 5.41) is 0. The molecule has 0 aliphatic carbocycles. The Balaban J connectivity index is 3.57. The Morgan fingerprint density at radius 3 is 2.50 bits per heavy atom. The molecule has 0 fully saturated rings. The smallest absolute Gasteiger partial charge is 0.150 e. The fourth-order valence-corrected chi connectivity index (χ4v) is 1.68. The van der Waals surface area contributed by atoms with E-state index in [1.54, 1.807) is 6.92 Å². The van der Waals surface area contributed by atoms with E-state index in [0.717, 1.165) is 0 Å². The van der Waals surface area contributed by atoms with Gasteiger partial charge in [-0.05, 0) is 12.8 Å².